The van der Waals surface area contributed by atoms with Crippen LogP contribution in [0.25, 0.3) is 0 Å². The third kappa shape index (κ3) is 5.23. The molecule has 4 rings (SSSR count). The molecule has 1 atom stereocenters. The molecule has 154 valence electrons. The lowest BCUT2D eigenvalue weighted by Crippen LogP contribution is -2.50. The Balaban J connectivity index is 1.23. The standard InChI is InChI=1S/C21H26ClN5O2/c22-18-4-2-17(3-5-18)19-16-25(14-15-29-19)9-6-20(28)26-10-12-27(13-11-26)21-23-7-1-8-24-21/h1-5,7-8,19H,6,9-16H2/t19-/m1/s1. The molecule has 2 aromatic rings. The molecule has 0 spiro atoms. The van der Waals surface area contributed by atoms with Crippen molar-refractivity contribution in [3.8, 4) is 0 Å². The van der Waals surface area contributed by atoms with Crippen LogP contribution in [-0.4, -0.2) is 78.1 Å². The van der Waals surface area contributed by atoms with Gasteiger partial charge in [-0.1, -0.05) is 23.7 Å². The van der Waals surface area contributed by atoms with Gasteiger partial charge in [-0.2, -0.15) is 0 Å². The summed E-state index contributed by atoms with van der Waals surface area (Å²) in [4.78, 5) is 27.7. The molecule has 0 N–H and O–H groups in total. The number of nitrogens with zero attached hydrogens (tertiary/aromatic N) is 5. The van der Waals surface area contributed by atoms with Gasteiger partial charge < -0.3 is 14.5 Å². The molecule has 2 fully saturated rings. The van der Waals surface area contributed by atoms with Crippen molar-refractivity contribution >= 4 is 23.5 Å². The summed E-state index contributed by atoms with van der Waals surface area (Å²) < 4.78 is 5.91. The number of carbonyl (C=O) groups is 1. The number of aromatic nitrogens is 2. The molecule has 0 unspecified atom stereocenters. The highest BCUT2D eigenvalue weighted by atomic mass is 35.5. The van der Waals surface area contributed by atoms with Crippen molar-refractivity contribution in [2.45, 2.75) is 12.5 Å². The number of halogens is 1. The molecule has 2 saturated heterocycles. The highest BCUT2D eigenvalue weighted by Gasteiger charge is 2.25. The van der Waals surface area contributed by atoms with E-state index in [1.807, 2.05) is 35.2 Å². The van der Waals surface area contributed by atoms with Crippen molar-refractivity contribution < 1.29 is 9.53 Å². The fourth-order valence-corrected chi connectivity index (χ4v) is 3.93. The van der Waals surface area contributed by atoms with E-state index in [1.54, 1.807) is 12.4 Å². The number of piperazine rings is 1. The zero-order chi connectivity index (χ0) is 20.1. The molecule has 2 aliphatic heterocycles. The predicted molar refractivity (Wildman–Crippen MR) is 112 cm³/mol. The minimum atomic E-state index is 0.0329. The van der Waals surface area contributed by atoms with Gasteiger partial charge in [-0.25, -0.2) is 9.97 Å². The Kier molecular flexibility index (Phi) is 6.59. The van der Waals surface area contributed by atoms with Crippen LogP contribution in [0.2, 0.25) is 5.02 Å². The lowest BCUT2D eigenvalue weighted by molar-refractivity contribution is -0.132. The molecule has 29 heavy (non-hydrogen) atoms. The Bertz CT molecular complexity index is 796. The quantitative estimate of drug-likeness (QED) is 0.746. The van der Waals surface area contributed by atoms with Crippen molar-refractivity contribution in [1.29, 1.82) is 0 Å². The number of anilines is 1. The number of hydrogen-bond acceptors (Lipinski definition) is 6. The Morgan fingerprint density at radius 1 is 1.07 bits per heavy atom. The second kappa shape index (κ2) is 9.52. The minimum Gasteiger partial charge on any atom is -0.371 e. The molecular weight excluding hydrogens is 390 g/mol. The molecule has 3 heterocycles. The molecular formula is C21H26ClN5O2. The molecule has 1 amide bonds. The van der Waals surface area contributed by atoms with Gasteiger partial charge in [-0.3, -0.25) is 9.69 Å². The van der Waals surface area contributed by atoms with E-state index in [9.17, 15) is 4.79 Å². The number of carbonyl (C=O) groups excluding carboxylic acids is 1. The van der Waals surface area contributed by atoms with Gasteiger partial charge in [0.2, 0.25) is 11.9 Å². The third-order valence-corrected chi connectivity index (χ3v) is 5.75. The molecule has 0 saturated carbocycles. The van der Waals surface area contributed by atoms with Crippen LogP contribution < -0.4 is 4.90 Å². The van der Waals surface area contributed by atoms with Crippen molar-refractivity contribution in [2.75, 3.05) is 57.3 Å². The van der Waals surface area contributed by atoms with Crippen LogP contribution in [0.15, 0.2) is 42.7 Å². The Morgan fingerprint density at radius 2 is 1.79 bits per heavy atom. The lowest BCUT2D eigenvalue weighted by atomic mass is 10.1. The lowest BCUT2D eigenvalue weighted by Gasteiger charge is -2.36. The van der Waals surface area contributed by atoms with Crippen molar-refractivity contribution in [1.82, 2.24) is 19.8 Å². The largest absolute Gasteiger partial charge is 0.371 e. The third-order valence-electron chi connectivity index (χ3n) is 5.50. The average molecular weight is 416 g/mol. The smallest absolute Gasteiger partial charge is 0.225 e. The van der Waals surface area contributed by atoms with Crippen LogP contribution in [0.1, 0.15) is 18.1 Å². The van der Waals surface area contributed by atoms with E-state index in [-0.39, 0.29) is 12.0 Å². The molecule has 8 heteroatoms. The zero-order valence-corrected chi connectivity index (χ0v) is 17.2. The van der Waals surface area contributed by atoms with Crippen molar-refractivity contribution in [2.24, 2.45) is 0 Å². The number of rotatable bonds is 5. The topological polar surface area (TPSA) is 61.8 Å². The van der Waals surface area contributed by atoms with E-state index >= 15 is 0 Å². The molecule has 0 aliphatic carbocycles. The first kappa shape index (κ1) is 20.1. The van der Waals surface area contributed by atoms with E-state index in [0.29, 0.717) is 26.1 Å². The number of hydrogen-bond donors (Lipinski definition) is 0. The van der Waals surface area contributed by atoms with E-state index in [0.717, 1.165) is 49.3 Å². The first-order valence-electron chi connectivity index (χ1n) is 10.1. The van der Waals surface area contributed by atoms with E-state index in [4.69, 9.17) is 16.3 Å². The number of benzene rings is 1. The maximum absolute atomic E-state index is 12.7. The van der Waals surface area contributed by atoms with Gasteiger partial charge in [0, 0.05) is 69.7 Å². The predicted octanol–water partition coefficient (Wildman–Crippen LogP) is 2.24. The van der Waals surface area contributed by atoms with E-state index in [1.165, 1.54) is 0 Å². The monoisotopic (exact) mass is 415 g/mol. The second-order valence-electron chi connectivity index (χ2n) is 7.38. The van der Waals surface area contributed by atoms with Crippen LogP contribution in [0, 0.1) is 0 Å². The zero-order valence-electron chi connectivity index (χ0n) is 16.4. The normalized spacial score (nSPS) is 20.7. The van der Waals surface area contributed by atoms with Crippen molar-refractivity contribution in [3.63, 3.8) is 0 Å². The molecule has 1 aromatic carbocycles. The Morgan fingerprint density at radius 3 is 2.52 bits per heavy atom. The fourth-order valence-electron chi connectivity index (χ4n) is 3.81. The summed E-state index contributed by atoms with van der Waals surface area (Å²) >= 11 is 5.98. The first-order chi connectivity index (χ1) is 14.2. The van der Waals surface area contributed by atoms with Crippen molar-refractivity contribution in [3.05, 3.63) is 53.3 Å². The SMILES string of the molecule is O=C(CCN1CCO[C@@H](c2ccc(Cl)cc2)C1)N1CCN(c2ncccn2)CC1. The van der Waals surface area contributed by atoms with Crippen LogP contribution in [0.5, 0.6) is 0 Å². The summed E-state index contributed by atoms with van der Waals surface area (Å²) in [6.07, 6.45) is 4.07. The van der Waals surface area contributed by atoms with Gasteiger partial charge in [0.25, 0.3) is 0 Å². The van der Waals surface area contributed by atoms with Gasteiger partial charge in [-0.15, -0.1) is 0 Å². The molecule has 2 aliphatic rings. The number of ether oxygens (including phenoxy) is 1. The fraction of sp³-hybridized carbons (Fsp3) is 0.476. The summed E-state index contributed by atoms with van der Waals surface area (Å²) in [5.74, 6) is 0.953. The first-order valence-corrected chi connectivity index (χ1v) is 10.5. The second-order valence-corrected chi connectivity index (χ2v) is 7.81. The van der Waals surface area contributed by atoms with Gasteiger partial charge >= 0.3 is 0 Å². The summed E-state index contributed by atoms with van der Waals surface area (Å²) in [5.41, 5.74) is 1.13. The van der Waals surface area contributed by atoms with Gasteiger partial charge in [0.05, 0.1) is 12.7 Å². The van der Waals surface area contributed by atoms with Gasteiger partial charge in [0.1, 0.15) is 0 Å². The number of amides is 1. The van der Waals surface area contributed by atoms with Crippen LogP contribution in [0.3, 0.4) is 0 Å². The van der Waals surface area contributed by atoms with Gasteiger partial charge in [0.15, 0.2) is 0 Å². The summed E-state index contributed by atoms with van der Waals surface area (Å²) in [6.45, 7) is 6.06. The van der Waals surface area contributed by atoms with E-state index in [2.05, 4.69) is 19.8 Å². The van der Waals surface area contributed by atoms with Gasteiger partial charge in [-0.05, 0) is 23.8 Å². The van der Waals surface area contributed by atoms with Crippen LogP contribution in [0.4, 0.5) is 5.95 Å². The summed E-state index contributed by atoms with van der Waals surface area (Å²) in [7, 11) is 0. The maximum atomic E-state index is 12.7. The van der Waals surface area contributed by atoms with Crippen LogP contribution in [-0.2, 0) is 9.53 Å². The molecule has 0 radical (unpaired) electrons. The molecule has 0 bridgehead atoms. The molecule has 1 aromatic heterocycles. The Labute approximate surface area is 176 Å². The number of morpholine rings is 1. The highest BCUT2D eigenvalue weighted by molar-refractivity contribution is 6.30. The van der Waals surface area contributed by atoms with E-state index < -0.39 is 0 Å². The Hall–Kier alpha value is -2.22. The molecule has 7 nitrogen and oxygen atoms in total. The minimum absolute atomic E-state index is 0.0329. The average Bonchev–Trinajstić information content (AvgIpc) is 2.79. The summed E-state index contributed by atoms with van der Waals surface area (Å²) in [5, 5.41) is 0.728. The summed E-state index contributed by atoms with van der Waals surface area (Å²) in [6, 6.07) is 9.62. The van der Waals surface area contributed by atoms with Crippen LogP contribution >= 0.6 is 11.6 Å². The maximum Gasteiger partial charge on any atom is 0.225 e. The highest BCUT2D eigenvalue weighted by Crippen LogP contribution is 2.24.